The van der Waals surface area contributed by atoms with Crippen molar-refractivity contribution >= 4 is 11.7 Å². The number of nitrogens with one attached hydrogen (secondary N) is 2. The van der Waals surface area contributed by atoms with E-state index in [2.05, 4.69) is 15.5 Å². The van der Waals surface area contributed by atoms with Crippen molar-refractivity contribution in [3.8, 4) is 0 Å². The van der Waals surface area contributed by atoms with Crippen LogP contribution in [0.1, 0.15) is 13.8 Å². The fourth-order valence-electron chi connectivity index (χ4n) is 2.55. The molecule has 2 amide bonds. The first-order chi connectivity index (χ1) is 10.8. The largest absolute Gasteiger partial charge is 0.378 e. The second-order valence-corrected chi connectivity index (χ2v) is 5.75. The summed E-state index contributed by atoms with van der Waals surface area (Å²) in [6.45, 7) is 5.32. The average molecular weight is 331 g/mol. The Morgan fingerprint density at radius 1 is 1.26 bits per heavy atom. The summed E-state index contributed by atoms with van der Waals surface area (Å²) in [7, 11) is 1.55. The maximum Gasteiger partial charge on any atom is 0.319 e. The molecule has 0 bridgehead atoms. The van der Waals surface area contributed by atoms with Crippen LogP contribution in [0.25, 0.3) is 0 Å². The fourth-order valence-corrected chi connectivity index (χ4v) is 2.55. The summed E-state index contributed by atoms with van der Waals surface area (Å²) < 4.78 is 44.9. The number of carbonyl (C=O) groups is 1. The second-order valence-electron chi connectivity index (χ2n) is 5.75. The number of rotatable bonds is 4. The lowest BCUT2D eigenvalue weighted by Crippen LogP contribution is -2.45. The lowest BCUT2D eigenvalue weighted by molar-refractivity contribution is 0.0896. The van der Waals surface area contributed by atoms with Crippen LogP contribution < -0.4 is 10.6 Å². The lowest BCUT2D eigenvalue weighted by atomic mass is 10.2. The van der Waals surface area contributed by atoms with Crippen molar-refractivity contribution in [2.75, 3.05) is 25.5 Å². The second kappa shape index (κ2) is 7.18. The molecule has 0 saturated carbocycles. The van der Waals surface area contributed by atoms with E-state index in [1.165, 1.54) is 0 Å². The molecule has 23 heavy (non-hydrogen) atoms. The predicted octanol–water partition coefficient (Wildman–Crippen LogP) is 2.33. The fraction of sp³-hybridized carbons (Fsp3) is 0.533. The maximum absolute atomic E-state index is 13.6. The van der Waals surface area contributed by atoms with Gasteiger partial charge in [-0.05, 0) is 26.0 Å². The molecular weight excluding hydrogens is 311 g/mol. The minimum absolute atomic E-state index is 0.196. The Balaban J connectivity index is 2.01. The number of methoxy groups -OCH3 is 1. The number of halogens is 3. The zero-order valence-corrected chi connectivity index (χ0v) is 13.2. The van der Waals surface area contributed by atoms with E-state index in [9.17, 15) is 18.0 Å². The number of benzene rings is 1. The van der Waals surface area contributed by atoms with Crippen LogP contribution in [0.2, 0.25) is 0 Å². The van der Waals surface area contributed by atoms with Gasteiger partial charge in [0.1, 0.15) is 0 Å². The van der Waals surface area contributed by atoms with E-state index in [0.29, 0.717) is 19.1 Å². The molecule has 1 aliphatic rings. The van der Waals surface area contributed by atoms with E-state index in [1.807, 2.05) is 13.8 Å². The first-order valence-corrected chi connectivity index (χ1v) is 7.31. The van der Waals surface area contributed by atoms with Crippen LogP contribution in [0.3, 0.4) is 0 Å². The highest BCUT2D eigenvalue weighted by atomic mass is 19.2. The molecule has 0 aromatic heterocycles. The molecule has 1 saturated heterocycles. The van der Waals surface area contributed by atoms with Crippen LogP contribution in [-0.2, 0) is 4.74 Å². The van der Waals surface area contributed by atoms with E-state index in [0.717, 1.165) is 12.1 Å². The van der Waals surface area contributed by atoms with Gasteiger partial charge in [-0.15, -0.1) is 0 Å². The number of likely N-dealkylation sites (tertiary alicyclic amines) is 1. The third kappa shape index (κ3) is 3.94. The summed E-state index contributed by atoms with van der Waals surface area (Å²) in [6.07, 6.45) is -0.196. The Hall–Kier alpha value is -1.80. The van der Waals surface area contributed by atoms with Crippen molar-refractivity contribution < 1.29 is 22.7 Å². The lowest BCUT2D eigenvalue weighted by Gasteiger charge is -2.20. The number of hydrogen-bond acceptors (Lipinski definition) is 3. The zero-order valence-electron chi connectivity index (χ0n) is 13.2. The molecule has 8 heteroatoms. The van der Waals surface area contributed by atoms with Crippen molar-refractivity contribution in [3.05, 3.63) is 29.6 Å². The normalized spacial score (nSPS) is 21.7. The highest BCUT2D eigenvalue weighted by molar-refractivity contribution is 5.89. The summed E-state index contributed by atoms with van der Waals surface area (Å²) in [5, 5.41) is 4.86. The van der Waals surface area contributed by atoms with Crippen molar-refractivity contribution in [1.29, 1.82) is 0 Å². The van der Waals surface area contributed by atoms with Gasteiger partial charge in [-0.2, -0.15) is 0 Å². The molecule has 2 rings (SSSR count). The van der Waals surface area contributed by atoms with Crippen LogP contribution in [0.15, 0.2) is 12.1 Å². The van der Waals surface area contributed by atoms with E-state index in [1.54, 1.807) is 7.11 Å². The number of carbonyl (C=O) groups excluding carboxylic acids is 1. The zero-order chi connectivity index (χ0) is 17.1. The summed E-state index contributed by atoms with van der Waals surface area (Å²) in [4.78, 5) is 14.1. The van der Waals surface area contributed by atoms with Gasteiger partial charge in [0, 0.05) is 26.2 Å². The Bertz CT molecular complexity index is 583. The average Bonchev–Trinajstić information content (AvgIpc) is 2.91. The number of anilines is 1. The van der Waals surface area contributed by atoms with E-state index in [4.69, 9.17) is 4.74 Å². The minimum atomic E-state index is -1.62. The van der Waals surface area contributed by atoms with E-state index >= 15 is 0 Å². The van der Waals surface area contributed by atoms with Gasteiger partial charge in [0.2, 0.25) is 0 Å². The van der Waals surface area contributed by atoms with Crippen molar-refractivity contribution in [1.82, 2.24) is 10.2 Å². The predicted molar refractivity (Wildman–Crippen MR) is 79.8 cm³/mol. The molecule has 128 valence electrons. The van der Waals surface area contributed by atoms with Gasteiger partial charge in [-0.3, -0.25) is 4.90 Å². The third-order valence-electron chi connectivity index (χ3n) is 3.93. The highest BCUT2D eigenvalue weighted by Crippen LogP contribution is 2.20. The number of urea groups is 1. The number of ether oxygens (including phenoxy) is 1. The molecule has 1 aliphatic heterocycles. The van der Waals surface area contributed by atoms with Gasteiger partial charge in [0.25, 0.3) is 0 Å². The van der Waals surface area contributed by atoms with E-state index < -0.39 is 29.2 Å². The topological polar surface area (TPSA) is 53.6 Å². The van der Waals surface area contributed by atoms with Crippen LogP contribution in [-0.4, -0.2) is 49.3 Å². The van der Waals surface area contributed by atoms with Crippen molar-refractivity contribution in [2.24, 2.45) is 0 Å². The quantitative estimate of drug-likeness (QED) is 0.833. The highest BCUT2D eigenvalue weighted by Gasteiger charge is 2.35. The van der Waals surface area contributed by atoms with Gasteiger partial charge in [0.05, 0.1) is 17.8 Å². The minimum Gasteiger partial charge on any atom is -0.378 e. The molecule has 0 aliphatic carbocycles. The number of nitrogens with zero attached hydrogens (tertiary/aromatic N) is 1. The first kappa shape index (κ1) is 17.6. The maximum atomic E-state index is 13.6. The molecule has 2 atom stereocenters. The van der Waals surface area contributed by atoms with Gasteiger partial charge in [-0.1, -0.05) is 0 Å². The van der Waals surface area contributed by atoms with Crippen LogP contribution in [0.5, 0.6) is 0 Å². The summed E-state index contributed by atoms with van der Waals surface area (Å²) >= 11 is 0. The first-order valence-electron chi connectivity index (χ1n) is 7.31. The molecular formula is C15H20F3N3O2. The summed E-state index contributed by atoms with van der Waals surface area (Å²) in [5.41, 5.74) is -0.422. The molecule has 5 nitrogen and oxygen atoms in total. The Morgan fingerprint density at radius 3 is 2.57 bits per heavy atom. The monoisotopic (exact) mass is 331 g/mol. The molecule has 0 unspecified atom stereocenters. The van der Waals surface area contributed by atoms with Crippen molar-refractivity contribution in [3.63, 3.8) is 0 Å². The molecule has 1 aromatic rings. The summed E-state index contributed by atoms with van der Waals surface area (Å²) in [6, 6.07) is 1.03. The van der Waals surface area contributed by atoms with Gasteiger partial charge >= 0.3 is 6.03 Å². The van der Waals surface area contributed by atoms with Gasteiger partial charge in [0.15, 0.2) is 17.5 Å². The molecule has 1 fully saturated rings. The molecule has 0 spiro atoms. The van der Waals surface area contributed by atoms with Crippen LogP contribution in [0, 0.1) is 17.5 Å². The SMILES string of the molecule is CO[C@H]1CN(C(C)C)C[C@@H]1NC(=O)Nc1ccc(F)c(F)c1F. The third-order valence-corrected chi connectivity index (χ3v) is 3.93. The van der Waals surface area contributed by atoms with E-state index in [-0.39, 0.29) is 12.1 Å². The standard InChI is InChI=1S/C15H20F3N3O2/c1-8(2)21-6-11(12(7-21)23-3)20-15(22)19-10-5-4-9(16)13(17)14(10)18/h4-5,8,11-12H,6-7H2,1-3H3,(H2,19,20,22)/t11-,12-/m0/s1. The molecule has 1 heterocycles. The number of amides is 2. The van der Waals surface area contributed by atoms with Crippen LogP contribution in [0.4, 0.5) is 23.7 Å². The molecule has 0 radical (unpaired) electrons. The Labute approximate surface area is 132 Å². The molecule has 2 N–H and O–H groups in total. The smallest absolute Gasteiger partial charge is 0.319 e. The van der Waals surface area contributed by atoms with Crippen molar-refractivity contribution in [2.45, 2.75) is 32.0 Å². The van der Waals surface area contributed by atoms with Gasteiger partial charge < -0.3 is 15.4 Å². The Kier molecular flexibility index (Phi) is 5.48. The number of hydrogen-bond donors (Lipinski definition) is 2. The van der Waals surface area contributed by atoms with Crippen LogP contribution >= 0.6 is 0 Å². The van der Waals surface area contributed by atoms with Gasteiger partial charge in [-0.25, -0.2) is 18.0 Å². The Morgan fingerprint density at radius 2 is 1.96 bits per heavy atom. The molecule has 1 aromatic carbocycles. The summed E-state index contributed by atoms with van der Waals surface area (Å²) in [5.74, 6) is -4.36.